The molecule has 0 bridgehead atoms. The molecule has 2 heterocycles. The molecular weight excluding hydrogens is 875 g/mol. The molecule has 0 aliphatic rings. The maximum Gasteiger partial charge on any atom is 0.149 e. The summed E-state index contributed by atoms with van der Waals surface area (Å²) in [5.41, 5.74) is 4.94. The zero-order chi connectivity index (χ0) is 65.3. The van der Waals surface area contributed by atoms with Crippen LogP contribution in [0.15, 0.2) is 194 Å². The van der Waals surface area contributed by atoms with Crippen LogP contribution in [0.2, 0.25) is 0 Å². The van der Waals surface area contributed by atoms with Crippen LogP contribution in [0.1, 0.15) is 127 Å². The van der Waals surface area contributed by atoms with Gasteiger partial charge in [-0.1, -0.05) is 202 Å². The molecule has 4 heteroatoms. The summed E-state index contributed by atoms with van der Waals surface area (Å²) in [6.45, 7) is 21.0. The molecule has 0 unspecified atom stereocenters. The van der Waals surface area contributed by atoms with Crippen molar-refractivity contribution < 1.29 is 28.4 Å². The van der Waals surface area contributed by atoms with Crippen molar-refractivity contribution in [1.82, 2.24) is 14.5 Å². The molecule has 0 spiro atoms. The zero-order valence-electron chi connectivity index (χ0n) is 59.1. The van der Waals surface area contributed by atoms with Gasteiger partial charge in [-0.05, 0) is 144 Å². The Kier molecular flexibility index (Phi) is 8.34. The molecule has 10 aromatic rings. The lowest BCUT2D eigenvalue weighted by Gasteiger charge is -2.28. The Labute approximate surface area is 450 Å². The molecule has 0 aliphatic heterocycles. The largest absolute Gasteiger partial charge is 0.507 e. The summed E-state index contributed by atoms with van der Waals surface area (Å²) in [7, 11) is 0. The van der Waals surface area contributed by atoms with E-state index in [4.69, 9.17) is 17.3 Å². The summed E-state index contributed by atoms with van der Waals surface area (Å²) in [5, 5.41) is 12.8. The lowest BCUT2D eigenvalue weighted by atomic mass is 9.78. The average molecular weight is 957 g/mol. The van der Waals surface area contributed by atoms with E-state index in [1.165, 1.54) is 6.07 Å². The van der Waals surface area contributed by atoms with Crippen LogP contribution < -0.4 is 0 Å². The number of aromatic hydroxyl groups is 1. The highest BCUT2D eigenvalue weighted by atomic mass is 16.3. The number of para-hydroxylation sites is 1. The zero-order valence-corrected chi connectivity index (χ0v) is 42.1. The van der Waals surface area contributed by atoms with Crippen molar-refractivity contribution in [3.8, 4) is 89.7 Å². The summed E-state index contributed by atoms with van der Waals surface area (Å²) in [4.78, 5) is 10.0. The number of nitrogens with zero attached hydrogens (tertiary/aromatic N) is 3. The number of phenolic OH excluding ortho intramolecular Hbond substituents is 1. The first-order valence-corrected chi connectivity index (χ1v) is 24.1. The van der Waals surface area contributed by atoms with Gasteiger partial charge in [-0.2, -0.15) is 0 Å². The fourth-order valence-corrected chi connectivity index (χ4v) is 9.14. The summed E-state index contributed by atoms with van der Waals surface area (Å²) < 4.78 is 154. The normalized spacial score (nSPS) is 15.4. The first-order chi connectivity index (χ1) is 41.6. The molecular formula is C68H65N3O. The summed E-state index contributed by atoms with van der Waals surface area (Å²) in [6, 6.07) is 17.1. The number of hydrogen-bond donors (Lipinski definition) is 1. The Balaban J connectivity index is 1.33. The van der Waals surface area contributed by atoms with Crippen molar-refractivity contribution in [3.05, 3.63) is 216 Å². The van der Waals surface area contributed by atoms with Crippen LogP contribution in [0.5, 0.6) is 5.75 Å². The highest BCUT2D eigenvalue weighted by Crippen LogP contribution is 2.47. The monoisotopic (exact) mass is 957 g/mol. The van der Waals surface area contributed by atoms with Gasteiger partial charge in [0.25, 0.3) is 0 Å². The molecule has 0 saturated heterocycles. The third-order valence-corrected chi connectivity index (χ3v) is 13.0. The first-order valence-electron chi connectivity index (χ1n) is 32.6. The molecule has 0 fully saturated rings. The van der Waals surface area contributed by atoms with Gasteiger partial charge in [-0.15, -0.1) is 0 Å². The molecule has 4 nitrogen and oxygen atoms in total. The van der Waals surface area contributed by atoms with Crippen molar-refractivity contribution in [2.24, 2.45) is 0 Å². The van der Waals surface area contributed by atoms with Crippen LogP contribution in [0, 0.1) is 0 Å². The van der Waals surface area contributed by atoms with Gasteiger partial charge in [0.1, 0.15) is 11.6 Å². The minimum Gasteiger partial charge on any atom is -0.507 e. The molecule has 72 heavy (non-hydrogen) atoms. The smallest absolute Gasteiger partial charge is 0.149 e. The predicted octanol–water partition coefficient (Wildman–Crippen LogP) is 18.6. The highest BCUT2D eigenvalue weighted by Gasteiger charge is 2.31. The molecule has 1 N–H and O–H groups in total. The second-order valence-corrected chi connectivity index (χ2v) is 20.8. The Hall–Kier alpha value is -7.82. The second kappa shape index (κ2) is 19.1. The Morgan fingerprint density at radius 2 is 1.06 bits per heavy atom. The maximum absolute atomic E-state index is 12.8. The number of phenols is 1. The van der Waals surface area contributed by atoms with E-state index in [1.54, 1.807) is 18.2 Å². The van der Waals surface area contributed by atoms with E-state index in [1.807, 2.05) is 63.2 Å². The van der Waals surface area contributed by atoms with Gasteiger partial charge in [-0.3, -0.25) is 9.55 Å². The number of imidazole rings is 1. The van der Waals surface area contributed by atoms with Gasteiger partial charge in [0, 0.05) is 22.9 Å². The summed E-state index contributed by atoms with van der Waals surface area (Å²) in [5.74, 6) is 0.331. The number of benzene rings is 8. The van der Waals surface area contributed by atoms with E-state index in [9.17, 15) is 16.1 Å². The number of rotatable bonds is 10. The minimum atomic E-state index is -0.846. The molecule has 0 saturated carbocycles. The van der Waals surface area contributed by atoms with E-state index in [-0.39, 0.29) is 40.0 Å². The van der Waals surface area contributed by atoms with Crippen LogP contribution in [0.3, 0.4) is 0 Å². The molecule has 0 aliphatic carbocycles. The van der Waals surface area contributed by atoms with Gasteiger partial charge in [0.15, 0.2) is 0 Å². The Morgan fingerprint density at radius 1 is 0.500 bits per heavy atom. The van der Waals surface area contributed by atoms with Crippen LogP contribution in [0.4, 0.5) is 0 Å². The predicted molar refractivity (Wildman–Crippen MR) is 304 cm³/mol. The van der Waals surface area contributed by atoms with Crippen molar-refractivity contribution in [2.45, 2.75) is 91.9 Å². The maximum atomic E-state index is 12.8. The third-order valence-electron chi connectivity index (χ3n) is 13.0. The summed E-state index contributed by atoms with van der Waals surface area (Å²) in [6.07, 6.45) is -0.759. The van der Waals surface area contributed by atoms with Gasteiger partial charge < -0.3 is 5.11 Å². The van der Waals surface area contributed by atoms with Crippen molar-refractivity contribution in [3.63, 3.8) is 0 Å². The van der Waals surface area contributed by atoms with Gasteiger partial charge in [-0.25, -0.2) is 4.98 Å². The van der Waals surface area contributed by atoms with Gasteiger partial charge in [0.2, 0.25) is 0 Å². The van der Waals surface area contributed by atoms with Crippen molar-refractivity contribution in [2.75, 3.05) is 0 Å². The molecule has 0 atom stereocenters. The third kappa shape index (κ3) is 9.30. The van der Waals surface area contributed by atoms with Crippen LogP contribution in [-0.4, -0.2) is 19.6 Å². The number of pyridine rings is 1. The van der Waals surface area contributed by atoms with E-state index >= 15 is 0 Å². The lowest BCUT2D eigenvalue weighted by molar-refractivity contribution is 0.446. The number of fused-ring (bicyclic) bond motifs is 1. The van der Waals surface area contributed by atoms with Crippen LogP contribution in [-0.2, 0) is 10.8 Å². The Morgan fingerprint density at radius 3 is 1.65 bits per heavy atom. The fourth-order valence-electron chi connectivity index (χ4n) is 9.14. The molecule has 0 radical (unpaired) electrons. The van der Waals surface area contributed by atoms with E-state index in [2.05, 4.69) is 82.3 Å². The topological polar surface area (TPSA) is 50.9 Å². The number of hydrogen-bond acceptors (Lipinski definition) is 3. The van der Waals surface area contributed by atoms with Crippen LogP contribution in [0.25, 0.3) is 95.0 Å². The lowest BCUT2D eigenvalue weighted by Crippen LogP contribution is -2.17. The average Bonchev–Trinajstić information content (AvgIpc) is 1.74. The van der Waals surface area contributed by atoms with Crippen LogP contribution >= 0.6 is 0 Å². The van der Waals surface area contributed by atoms with E-state index < -0.39 is 136 Å². The Bertz CT molecular complexity index is 4500. The molecule has 2 aromatic heterocycles. The summed E-state index contributed by atoms with van der Waals surface area (Å²) >= 11 is 0. The SMILES string of the molecule is [2H]c1nc(-c2cc(-c3c([2H])c([2H])c([2H])c([2H])c3[2H])cc(-c3cccc4c3nc(-c3cc(C(C)(C)C)cc(C(C)(C)C)c3O)n4-c3c(C(C)C)cc(-c4ccccc4)cc3C(C)C)c2)c([2H])c(-c2c([2H])c([2H])c(-c3c([2H])c([2H])c([2H])c([2H])c3[2H])c([2H])c2[2H])c1[2H]. The number of aromatic nitrogens is 3. The van der Waals surface area contributed by atoms with Crippen molar-refractivity contribution in [1.29, 1.82) is 0 Å². The highest BCUT2D eigenvalue weighted by molar-refractivity contribution is 5.98. The molecule has 8 aromatic carbocycles. The minimum absolute atomic E-state index is 0.0118. The van der Waals surface area contributed by atoms with Gasteiger partial charge in [0.05, 0.1) is 51.3 Å². The first kappa shape index (κ1) is 31.5. The van der Waals surface area contributed by atoms with Crippen molar-refractivity contribution >= 4 is 11.0 Å². The molecule has 10 rings (SSSR count). The van der Waals surface area contributed by atoms with E-state index in [0.29, 0.717) is 39.1 Å². The second-order valence-electron chi connectivity index (χ2n) is 20.8. The van der Waals surface area contributed by atoms with Gasteiger partial charge >= 0.3 is 0 Å². The standard InChI is InChI=1S/C68H65N3O/c1-43(2)57-38-52(47-25-18-13-19-26-47)39-58(44(3)4)64(57)71-62-28-20-27-56(63(62)70-66(71)59-41-55(67(5,6)7)42-60(65(59)72)68(8,9)10)53-35-51(46-23-16-12-17-24-46)36-54(37-53)61-40-50(33-34-69-61)49-31-29-48(30-32-49)45-21-14-11-15-22-45/h11-44,72H,1-10H3/i11D,12D,14D,15D,16D,17D,21D,22D,23D,24D,29D,30D,31D,32D,33D,34D,40D. The quantitative estimate of drug-likeness (QED) is 0.149. The fraction of sp³-hybridized carbons (Fsp3) is 0.206. The van der Waals surface area contributed by atoms with E-state index in [0.717, 1.165) is 33.5 Å². The molecule has 0 amide bonds. The molecule has 358 valence electrons.